The van der Waals surface area contributed by atoms with Crippen molar-refractivity contribution in [2.45, 2.75) is 82.8 Å². The van der Waals surface area contributed by atoms with E-state index in [-0.39, 0.29) is 11.8 Å². The predicted octanol–water partition coefficient (Wildman–Crippen LogP) is 3.01. The summed E-state index contributed by atoms with van der Waals surface area (Å²) in [6, 6.07) is 0.389. The summed E-state index contributed by atoms with van der Waals surface area (Å²) in [7, 11) is 0. The lowest BCUT2D eigenvalue weighted by Gasteiger charge is -2.31. The number of nitrogens with one attached hydrogen (secondary N) is 1. The topological polar surface area (TPSA) is 49.3 Å². The van der Waals surface area contributed by atoms with E-state index in [1.54, 1.807) is 0 Å². The van der Waals surface area contributed by atoms with Crippen molar-refractivity contribution in [1.82, 2.24) is 5.32 Å². The Morgan fingerprint density at radius 2 is 1.40 bits per heavy atom. The van der Waals surface area contributed by atoms with Crippen LogP contribution in [0.4, 0.5) is 0 Å². The van der Waals surface area contributed by atoms with E-state index in [2.05, 4.69) is 5.32 Å². The van der Waals surface area contributed by atoms with Gasteiger partial charge in [0.1, 0.15) is 0 Å². The van der Waals surface area contributed by atoms with Gasteiger partial charge in [-0.1, -0.05) is 25.7 Å². The van der Waals surface area contributed by atoms with Gasteiger partial charge in [-0.05, 0) is 56.8 Å². The molecule has 0 spiro atoms. The summed E-state index contributed by atoms with van der Waals surface area (Å²) in [5.74, 6) is 1.39. The lowest BCUT2D eigenvalue weighted by molar-refractivity contribution is -0.129. The van der Waals surface area contributed by atoms with Crippen molar-refractivity contribution in [3.05, 3.63) is 0 Å². The Hall–Kier alpha value is -0.570. The summed E-state index contributed by atoms with van der Waals surface area (Å²) in [6.45, 7) is 0. The van der Waals surface area contributed by atoms with Gasteiger partial charge in [-0.25, -0.2) is 0 Å². The molecule has 3 saturated carbocycles. The molecule has 3 heteroatoms. The average Bonchev–Trinajstić information content (AvgIpc) is 3.18. The van der Waals surface area contributed by atoms with Gasteiger partial charge in [-0.15, -0.1) is 0 Å². The summed E-state index contributed by atoms with van der Waals surface area (Å²) < 4.78 is 0. The van der Waals surface area contributed by atoms with E-state index in [4.69, 9.17) is 0 Å². The van der Waals surface area contributed by atoms with E-state index >= 15 is 0 Å². The average molecular weight is 279 g/mol. The Morgan fingerprint density at radius 3 is 1.85 bits per heavy atom. The molecular formula is C17H29NO2. The lowest BCUT2D eigenvalue weighted by atomic mass is 9.85. The second-order valence-corrected chi connectivity index (χ2v) is 7.23. The predicted molar refractivity (Wildman–Crippen MR) is 79.2 cm³/mol. The Morgan fingerprint density at radius 1 is 0.850 bits per heavy atom. The number of hydrogen-bond donors (Lipinski definition) is 2. The van der Waals surface area contributed by atoms with Crippen LogP contribution < -0.4 is 5.32 Å². The fourth-order valence-corrected chi connectivity index (χ4v) is 4.77. The van der Waals surface area contributed by atoms with Crippen LogP contribution in [0.2, 0.25) is 0 Å². The van der Waals surface area contributed by atoms with E-state index in [9.17, 15) is 9.90 Å². The summed E-state index contributed by atoms with van der Waals surface area (Å²) in [6.07, 6.45) is 12.7. The van der Waals surface area contributed by atoms with Crippen LogP contribution in [0, 0.1) is 17.8 Å². The summed E-state index contributed by atoms with van der Waals surface area (Å²) in [5, 5.41) is 13.3. The molecule has 114 valence electrons. The van der Waals surface area contributed by atoms with Gasteiger partial charge in [-0.2, -0.15) is 0 Å². The van der Waals surface area contributed by atoms with Crippen LogP contribution in [0.15, 0.2) is 0 Å². The van der Waals surface area contributed by atoms with Crippen molar-refractivity contribution in [2.75, 3.05) is 0 Å². The van der Waals surface area contributed by atoms with Crippen molar-refractivity contribution in [3.63, 3.8) is 0 Å². The smallest absolute Gasteiger partial charge is 0.225 e. The molecule has 2 N–H and O–H groups in total. The van der Waals surface area contributed by atoms with Crippen molar-refractivity contribution >= 4 is 5.91 Å². The van der Waals surface area contributed by atoms with Crippen LogP contribution in [0.1, 0.15) is 70.6 Å². The van der Waals surface area contributed by atoms with Crippen LogP contribution in [-0.4, -0.2) is 23.2 Å². The Bertz CT molecular complexity index is 316. The molecule has 3 aliphatic rings. The second-order valence-electron chi connectivity index (χ2n) is 7.23. The van der Waals surface area contributed by atoms with Gasteiger partial charge in [0.05, 0.1) is 12.0 Å². The SMILES string of the molecule is O=C(NC(C1CCCC1)C1CCCC1)C1CCCC1O. The summed E-state index contributed by atoms with van der Waals surface area (Å²) in [4.78, 5) is 12.5. The minimum Gasteiger partial charge on any atom is -0.392 e. The molecule has 3 fully saturated rings. The lowest BCUT2D eigenvalue weighted by Crippen LogP contribution is -2.47. The molecule has 3 rings (SSSR count). The molecule has 0 heterocycles. The largest absolute Gasteiger partial charge is 0.392 e. The standard InChI is InChI=1S/C17H29NO2/c19-15-11-5-10-14(15)17(20)18-16(12-6-1-2-7-12)13-8-3-4-9-13/h12-16,19H,1-11H2,(H,18,20). The maximum Gasteiger partial charge on any atom is 0.225 e. The molecule has 0 aliphatic heterocycles. The zero-order valence-electron chi connectivity index (χ0n) is 12.5. The van der Waals surface area contributed by atoms with Crippen molar-refractivity contribution in [1.29, 1.82) is 0 Å². The normalized spacial score (nSPS) is 32.3. The molecule has 1 amide bonds. The van der Waals surface area contributed by atoms with Crippen LogP contribution in [0.5, 0.6) is 0 Å². The zero-order valence-corrected chi connectivity index (χ0v) is 12.5. The minimum absolute atomic E-state index is 0.138. The maximum atomic E-state index is 12.5. The molecule has 0 aromatic rings. The number of carbonyl (C=O) groups is 1. The zero-order chi connectivity index (χ0) is 13.9. The molecule has 3 aliphatic carbocycles. The van der Waals surface area contributed by atoms with E-state index in [1.807, 2.05) is 0 Å². The van der Waals surface area contributed by atoms with E-state index in [0.29, 0.717) is 17.9 Å². The highest BCUT2D eigenvalue weighted by molar-refractivity contribution is 5.79. The van der Waals surface area contributed by atoms with Crippen molar-refractivity contribution in [2.24, 2.45) is 17.8 Å². The highest BCUT2D eigenvalue weighted by atomic mass is 16.3. The fourth-order valence-electron chi connectivity index (χ4n) is 4.77. The van der Waals surface area contributed by atoms with Crippen molar-refractivity contribution < 1.29 is 9.90 Å². The third-order valence-electron chi connectivity index (χ3n) is 5.94. The van der Waals surface area contributed by atoms with Gasteiger partial charge >= 0.3 is 0 Å². The number of rotatable bonds is 4. The van der Waals surface area contributed by atoms with Crippen LogP contribution in [-0.2, 0) is 4.79 Å². The van der Waals surface area contributed by atoms with Gasteiger partial charge < -0.3 is 10.4 Å². The molecule has 0 saturated heterocycles. The van der Waals surface area contributed by atoms with E-state index in [1.165, 1.54) is 51.4 Å². The minimum atomic E-state index is -0.400. The first-order chi connectivity index (χ1) is 9.75. The first-order valence-electron chi connectivity index (χ1n) is 8.74. The highest BCUT2D eigenvalue weighted by Crippen LogP contribution is 2.38. The third kappa shape index (κ3) is 3.03. The van der Waals surface area contributed by atoms with Crippen molar-refractivity contribution in [3.8, 4) is 0 Å². The Balaban J connectivity index is 1.64. The van der Waals surface area contributed by atoms with Gasteiger partial charge in [-0.3, -0.25) is 4.79 Å². The molecular weight excluding hydrogens is 250 g/mol. The van der Waals surface area contributed by atoms with Gasteiger partial charge in [0.25, 0.3) is 0 Å². The maximum absolute atomic E-state index is 12.5. The van der Waals surface area contributed by atoms with Crippen LogP contribution in [0.25, 0.3) is 0 Å². The summed E-state index contributed by atoms with van der Waals surface area (Å²) in [5.41, 5.74) is 0. The van der Waals surface area contributed by atoms with Gasteiger partial charge in [0.15, 0.2) is 0 Å². The number of carbonyl (C=O) groups excluding carboxylic acids is 1. The third-order valence-corrected chi connectivity index (χ3v) is 5.94. The molecule has 2 unspecified atom stereocenters. The number of amides is 1. The number of aliphatic hydroxyl groups is 1. The first-order valence-corrected chi connectivity index (χ1v) is 8.74. The molecule has 0 bridgehead atoms. The van der Waals surface area contributed by atoms with Gasteiger partial charge in [0.2, 0.25) is 5.91 Å². The molecule has 3 nitrogen and oxygen atoms in total. The Labute approximate surface area is 122 Å². The van der Waals surface area contributed by atoms with Crippen LogP contribution in [0.3, 0.4) is 0 Å². The van der Waals surface area contributed by atoms with E-state index in [0.717, 1.165) is 19.3 Å². The molecule has 20 heavy (non-hydrogen) atoms. The highest BCUT2D eigenvalue weighted by Gasteiger charge is 2.37. The second kappa shape index (κ2) is 6.46. The molecule has 0 aromatic heterocycles. The number of aliphatic hydroxyl groups excluding tert-OH is 1. The Kier molecular flexibility index (Phi) is 4.65. The fraction of sp³-hybridized carbons (Fsp3) is 0.941. The molecule has 0 radical (unpaired) electrons. The summed E-state index contributed by atoms with van der Waals surface area (Å²) >= 11 is 0. The quantitative estimate of drug-likeness (QED) is 0.831. The molecule has 0 aromatic carbocycles. The van der Waals surface area contributed by atoms with E-state index < -0.39 is 6.10 Å². The number of hydrogen-bond acceptors (Lipinski definition) is 2. The molecule has 2 atom stereocenters. The van der Waals surface area contributed by atoms with Gasteiger partial charge in [0, 0.05) is 6.04 Å². The van der Waals surface area contributed by atoms with Crippen LogP contribution >= 0.6 is 0 Å². The monoisotopic (exact) mass is 279 g/mol. The first kappa shape index (κ1) is 14.4.